The Morgan fingerprint density at radius 1 is 1.58 bits per heavy atom. The summed E-state index contributed by atoms with van der Waals surface area (Å²) in [5.74, 6) is 0.271. The van der Waals surface area contributed by atoms with Gasteiger partial charge in [-0.15, -0.1) is 11.8 Å². The van der Waals surface area contributed by atoms with Crippen molar-refractivity contribution >= 4 is 23.6 Å². The average Bonchev–Trinajstić information content (AvgIpc) is 2.04. The Bertz CT molecular complexity index is 185. The van der Waals surface area contributed by atoms with Crippen LogP contribution in [0.3, 0.4) is 0 Å². The molecule has 0 aliphatic carbocycles. The number of hydrogen-bond donors (Lipinski definition) is 1. The summed E-state index contributed by atoms with van der Waals surface area (Å²) in [6, 6.07) is -0.608. The van der Waals surface area contributed by atoms with Crippen molar-refractivity contribution in [3.8, 4) is 0 Å². The molecular formula is C7H11NO3S. The largest absolute Gasteiger partial charge is 0.480 e. The number of amides is 1. The summed E-state index contributed by atoms with van der Waals surface area (Å²) in [5.41, 5.74) is 0. The second-order valence-electron chi connectivity index (χ2n) is 2.67. The van der Waals surface area contributed by atoms with E-state index >= 15 is 0 Å². The normalized spacial score (nSPS) is 23.8. The van der Waals surface area contributed by atoms with Gasteiger partial charge in [-0.25, -0.2) is 4.79 Å². The Hall–Kier alpha value is -0.710. The molecule has 1 saturated heterocycles. The highest BCUT2D eigenvalue weighted by molar-refractivity contribution is 7.99. The number of hydrogen-bond acceptors (Lipinski definition) is 3. The van der Waals surface area contributed by atoms with E-state index in [9.17, 15) is 9.59 Å². The van der Waals surface area contributed by atoms with Gasteiger partial charge in [-0.1, -0.05) is 0 Å². The third-order valence-electron chi connectivity index (χ3n) is 1.83. The fourth-order valence-corrected chi connectivity index (χ4v) is 2.25. The molecule has 0 aromatic rings. The van der Waals surface area contributed by atoms with Crippen LogP contribution in [0.2, 0.25) is 0 Å². The van der Waals surface area contributed by atoms with Crippen molar-refractivity contribution < 1.29 is 14.7 Å². The van der Waals surface area contributed by atoms with E-state index in [2.05, 4.69) is 0 Å². The number of carbonyl (C=O) groups is 2. The Kier molecular flexibility index (Phi) is 2.97. The molecular weight excluding hydrogens is 178 g/mol. The maximum atomic E-state index is 11.0. The monoisotopic (exact) mass is 189 g/mol. The molecule has 1 aliphatic rings. The van der Waals surface area contributed by atoms with Crippen molar-refractivity contribution in [2.75, 3.05) is 11.6 Å². The zero-order valence-corrected chi connectivity index (χ0v) is 7.63. The standard InChI is InChI=1S/C7H11NO3S/c1-5(9)8-4-12-3-2-6(8)7(10)11/h6H,2-4H2,1H3,(H,10,11). The van der Waals surface area contributed by atoms with Crippen LogP contribution in [0.1, 0.15) is 13.3 Å². The fourth-order valence-electron chi connectivity index (χ4n) is 1.17. The van der Waals surface area contributed by atoms with Crippen molar-refractivity contribution in [1.82, 2.24) is 4.90 Å². The molecule has 4 nitrogen and oxygen atoms in total. The highest BCUT2D eigenvalue weighted by Gasteiger charge is 2.30. The first-order valence-corrected chi connectivity index (χ1v) is 4.86. The molecule has 5 heteroatoms. The van der Waals surface area contributed by atoms with E-state index in [1.807, 2.05) is 0 Å². The minimum absolute atomic E-state index is 0.158. The number of carboxylic acids is 1. The summed E-state index contributed by atoms with van der Waals surface area (Å²) < 4.78 is 0. The number of aliphatic carboxylic acids is 1. The molecule has 0 saturated carbocycles. The van der Waals surface area contributed by atoms with Crippen LogP contribution >= 0.6 is 11.8 Å². The third kappa shape index (κ3) is 1.91. The Balaban J connectivity index is 2.67. The molecule has 1 atom stereocenters. The first-order chi connectivity index (χ1) is 5.63. The van der Waals surface area contributed by atoms with E-state index in [0.717, 1.165) is 5.75 Å². The van der Waals surface area contributed by atoms with Gasteiger partial charge in [0, 0.05) is 6.92 Å². The van der Waals surface area contributed by atoms with Crippen LogP contribution in [-0.2, 0) is 9.59 Å². The summed E-state index contributed by atoms with van der Waals surface area (Å²) in [4.78, 5) is 23.0. The summed E-state index contributed by atoms with van der Waals surface area (Å²) in [6.45, 7) is 1.40. The molecule has 0 aromatic heterocycles. The van der Waals surface area contributed by atoms with Crippen molar-refractivity contribution in [2.24, 2.45) is 0 Å². The minimum Gasteiger partial charge on any atom is -0.480 e. The molecule has 1 rings (SSSR count). The van der Waals surface area contributed by atoms with E-state index in [1.165, 1.54) is 11.8 Å². The molecule has 0 bridgehead atoms. The minimum atomic E-state index is -0.898. The van der Waals surface area contributed by atoms with Crippen molar-refractivity contribution in [2.45, 2.75) is 19.4 Å². The predicted molar refractivity (Wildman–Crippen MR) is 45.9 cm³/mol. The lowest BCUT2D eigenvalue weighted by molar-refractivity contribution is -0.148. The topological polar surface area (TPSA) is 57.6 Å². The molecule has 0 radical (unpaired) electrons. The first-order valence-electron chi connectivity index (χ1n) is 3.70. The zero-order chi connectivity index (χ0) is 9.14. The lowest BCUT2D eigenvalue weighted by Gasteiger charge is -2.31. The molecule has 1 N–H and O–H groups in total. The van der Waals surface area contributed by atoms with E-state index < -0.39 is 12.0 Å². The van der Waals surface area contributed by atoms with Crippen molar-refractivity contribution in [3.63, 3.8) is 0 Å². The Labute approximate surface area is 74.9 Å². The molecule has 1 aliphatic heterocycles. The van der Waals surface area contributed by atoms with Gasteiger partial charge in [-0.05, 0) is 12.2 Å². The number of carboxylic acid groups (broad SMARTS) is 1. The highest BCUT2D eigenvalue weighted by Crippen LogP contribution is 2.20. The molecule has 1 fully saturated rings. The lowest BCUT2D eigenvalue weighted by atomic mass is 10.2. The summed E-state index contributed by atoms with van der Waals surface area (Å²) in [7, 11) is 0. The first kappa shape index (κ1) is 9.38. The van der Waals surface area contributed by atoms with E-state index in [1.54, 1.807) is 11.8 Å². The van der Waals surface area contributed by atoms with Crippen molar-refractivity contribution in [3.05, 3.63) is 0 Å². The summed E-state index contributed by atoms with van der Waals surface area (Å²) >= 11 is 1.59. The molecule has 0 spiro atoms. The molecule has 0 aromatic carbocycles. The van der Waals surface area contributed by atoms with Gasteiger partial charge >= 0.3 is 5.97 Å². The fraction of sp³-hybridized carbons (Fsp3) is 0.714. The SMILES string of the molecule is CC(=O)N1CSCCC1C(=O)O. The van der Waals surface area contributed by atoms with Gasteiger partial charge < -0.3 is 10.0 Å². The van der Waals surface area contributed by atoms with Crippen LogP contribution in [0.5, 0.6) is 0 Å². The molecule has 1 heterocycles. The molecule has 68 valence electrons. The Morgan fingerprint density at radius 3 is 2.67 bits per heavy atom. The second-order valence-corrected chi connectivity index (χ2v) is 3.74. The maximum Gasteiger partial charge on any atom is 0.326 e. The van der Waals surface area contributed by atoms with Gasteiger partial charge in [0.25, 0.3) is 0 Å². The predicted octanol–water partition coefficient (Wildman–Crippen LogP) is 0.382. The van der Waals surface area contributed by atoms with Gasteiger partial charge in [0.15, 0.2) is 0 Å². The van der Waals surface area contributed by atoms with Gasteiger partial charge in [0.2, 0.25) is 5.91 Å². The van der Waals surface area contributed by atoms with Crippen LogP contribution in [0, 0.1) is 0 Å². The number of nitrogens with zero attached hydrogens (tertiary/aromatic N) is 1. The average molecular weight is 189 g/mol. The van der Waals surface area contributed by atoms with E-state index in [4.69, 9.17) is 5.11 Å². The molecule has 12 heavy (non-hydrogen) atoms. The van der Waals surface area contributed by atoms with Crippen LogP contribution in [0.15, 0.2) is 0 Å². The number of rotatable bonds is 1. The van der Waals surface area contributed by atoms with Crippen LogP contribution < -0.4 is 0 Å². The van der Waals surface area contributed by atoms with Gasteiger partial charge in [0.1, 0.15) is 6.04 Å². The van der Waals surface area contributed by atoms with E-state index in [-0.39, 0.29) is 5.91 Å². The highest BCUT2D eigenvalue weighted by atomic mass is 32.2. The van der Waals surface area contributed by atoms with Gasteiger partial charge in [-0.2, -0.15) is 0 Å². The van der Waals surface area contributed by atoms with Crippen molar-refractivity contribution in [1.29, 1.82) is 0 Å². The zero-order valence-electron chi connectivity index (χ0n) is 6.82. The lowest BCUT2D eigenvalue weighted by Crippen LogP contribution is -2.46. The second kappa shape index (κ2) is 3.80. The van der Waals surface area contributed by atoms with E-state index in [0.29, 0.717) is 12.3 Å². The quantitative estimate of drug-likeness (QED) is 0.648. The summed E-state index contributed by atoms with van der Waals surface area (Å²) in [6.07, 6.45) is 0.555. The van der Waals surface area contributed by atoms with Crippen LogP contribution in [0.25, 0.3) is 0 Å². The molecule has 1 amide bonds. The van der Waals surface area contributed by atoms with Gasteiger partial charge in [0.05, 0.1) is 5.88 Å². The summed E-state index contributed by atoms with van der Waals surface area (Å²) in [5, 5.41) is 8.75. The third-order valence-corrected chi connectivity index (χ3v) is 2.82. The molecule has 1 unspecified atom stereocenters. The van der Waals surface area contributed by atoms with Crippen LogP contribution in [-0.4, -0.2) is 39.6 Å². The smallest absolute Gasteiger partial charge is 0.326 e. The Morgan fingerprint density at radius 2 is 2.25 bits per heavy atom. The number of carbonyl (C=O) groups excluding carboxylic acids is 1. The van der Waals surface area contributed by atoms with Gasteiger partial charge in [-0.3, -0.25) is 4.79 Å². The maximum absolute atomic E-state index is 11.0. The number of thioether (sulfide) groups is 1. The van der Waals surface area contributed by atoms with Crippen LogP contribution in [0.4, 0.5) is 0 Å².